The van der Waals surface area contributed by atoms with E-state index in [0.29, 0.717) is 33.6 Å². The van der Waals surface area contributed by atoms with E-state index in [1.807, 2.05) is 6.07 Å². The molecule has 1 heterocycles. The number of hydrogen-bond acceptors (Lipinski definition) is 5. The van der Waals surface area contributed by atoms with Crippen LogP contribution in [0.15, 0.2) is 57.8 Å². The number of carbonyl (C=O) groups is 1. The number of halogens is 1. The lowest BCUT2D eigenvalue weighted by Crippen LogP contribution is -2.27. The SMILES string of the molecule is CC(=O)Nc1ccc(S(=O)(=O)N(C)Cc2nc(-c3cccc(Cl)c3)oc2C)cc1. The number of hydrogen-bond donors (Lipinski definition) is 1. The average molecular weight is 434 g/mol. The Morgan fingerprint density at radius 1 is 1.21 bits per heavy atom. The summed E-state index contributed by atoms with van der Waals surface area (Å²) in [5, 5.41) is 3.16. The number of anilines is 1. The number of sulfonamides is 1. The van der Waals surface area contributed by atoms with Gasteiger partial charge >= 0.3 is 0 Å². The van der Waals surface area contributed by atoms with E-state index < -0.39 is 10.0 Å². The number of oxazole rings is 1. The second-order valence-corrected chi connectivity index (χ2v) is 8.98. The lowest BCUT2D eigenvalue weighted by Gasteiger charge is -2.16. The first-order valence-electron chi connectivity index (χ1n) is 8.73. The van der Waals surface area contributed by atoms with Gasteiger partial charge in [-0.05, 0) is 49.4 Å². The highest BCUT2D eigenvalue weighted by Gasteiger charge is 2.23. The smallest absolute Gasteiger partial charge is 0.243 e. The number of rotatable bonds is 6. The van der Waals surface area contributed by atoms with Crippen molar-refractivity contribution in [1.82, 2.24) is 9.29 Å². The van der Waals surface area contributed by atoms with E-state index in [4.69, 9.17) is 16.0 Å². The number of amides is 1. The molecule has 0 unspecified atom stereocenters. The third-order valence-corrected chi connectivity index (χ3v) is 6.27. The summed E-state index contributed by atoms with van der Waals surface area (Å²) >= 11 is 6.01. The van der Waals surface area contributed by atoms with Gasteiger partial charge in [0.25, 0.3) is 0 Å². The van der Waals surface area contributed by atoms with Crippen LogP contribution in [0.4, 0.5) is 5.69 Å². The zero-order valence-corrected chi connectivity index (χ0v) is 17.7. The maximum absolute atomic E-state index is 12.9. The van der Waals surface area contributed by atoms with Crippen LogP contribution in [0.3, 0.4) is 0 Å². The van der Waals surface area contributed by atoms with Crippen LogP contribution in [0.2, 0.25) is 5.02 Å². The molecule has 152 valence electrons. The van der Waals surface area contributed by atoms with E-state index in [1.54, 1.807) is 37.3 Å². The normalized spacial score (nSPS) is 11.6. The summed E-state index contributed by atoms with van der Waals surface area (Å²) < 4.78 is 32.6. The van der Waals surface area contributed by atoms with Gasteiger partial charge in [0.15, 0.2) is 0 Å². The van der Waals surface area contributed by atoms with Gasteiger partial charge in [-0.3, -0.25) is 4.79 Å². The molecule has 7 nitrogen and oxygen atoms in total. The summed E-state index contributed by atoms with van der Waals surface area (Å²) in [6.45, 7) is 3.17. The molecule has 0 spiro atoms. The van der Waals surface area contributed by atoms with E-state index in [-0.39, 0.29) is 17.3 Å². The molecular formula is C20H20ClN3O4S. The molecule has 0 fully saturated rings. The second-order valence-electron chi connectivity index (χ2n) is 6.50. The number of aryl methyl sites for hydroxylation is 1. The van der Waals surface area contributed by atoms with Crippen molar-refractivity contribution >= 4 is 33.2 Å². The van der Waals surface area contributed by atoms with Crippen LogP contribution in [0.5, 0.6) is 0 Å². The van der Waals surface area contributed by atoms with Gasteiger partial charge in [0, 0.05) is 30.2 Å². The molecule has 1 N–H and O–H groups in total. The molecule has 2 aromatic carbocycles. The molecule has 0 atom stereocenters. The minimum Gasteiger partial charge on any atom is -0.441 e. The van der Waals surface area contributed by atoms with Crippen molar-refractivity contribution in [2.75, 3.05) is 12.4 Å². The Labute approximate surface area is 174 Å². The van der Waals surface area contributed by atoms with Gasteiger partial charge in [-0.15, -0.1) is 0 Å². The standard InChI is InChI=1S/C20H20ClN3O4S/c1-13-19(23-20(28-13)15-5-4-6-16(21)11-15)12-24(3)29(26,27)18-9-7-17(8-10-18)22-14(2)25/h4-11H,12H2,1-3H3,(H,22,25). The Morgan fingerprint density at radius 2 is 1.90 bits per heavy atom. The van der Waals surface area contributed by atoms with Gasteiger partial charge in [0.2, 0.25) is 21.8 Å². The van der Waals surface area contributed by atoms with Gasteiger partial charge in [-0.1, -0.05) is 17.7 Å². The molecular weight excluding hydrogens is 414 g/mol. The monoisotopic (exact) mass is 433 g/mol. The highest BCUT2D eigenvalue weighted by atomic mass is 35.5. The molecule has 0 aliphatic rings. The summed E-state index contributed by atoms with van der Waals surface area (Å²) in [5.41, 5.74) is 1.75. The van der Waals surface area contributed by atoms with E-state index in [1.165, 1.54) is 30.4 Å². The fraction of sp³-hybridized carbons (Fsp3) is 0.200. The van der Waals surface area contributed by atoms with Crippen LogP contribution >= 0.6 is 11.6 Å². The Morgan fingerprint density at radius 3 is 2.52 bits per heavy atom. The van der Waals surface area contributed by atoms with Gasteiger partial charge in [-0.25, -0.2) is 13.4 Å². The number of nitrogens with one attached hydrogen (secondary N) is 1. The minimum atomic E-state index is -3.74. The Balaban J connectivity index is 1.80. The first-order chi connectivity index (χ1) is 13.7. The molecule has 29 heavy (non-hydrogen) atoms. The van der Waals surface area contributed by atoms with Crippen LogP contribution in [0.1, 0.15) is 18.4 Å². The molecule has 1 amide bonds. The minimum absolute atomic E-state index is 0.0473. The molecule has 1 aromatic heterocycles. The third-order valence-electron chi connectivity index (χ3n) is 4.22. The summed E-state index contributed by atoms with van der Waals surface area (Å²) in [4.78, 5) is 15.7. The van der Waals surface area contributed by atoms with Gasteiger partial charge in [-0.2, -0.15) is 4.31 Å². The van der Waals surface area contributed by atoms with Crippen molar-refractivity contribution in [1.29, 1.82) is 0 Å². The van der Waals surface area contributed by atoms with Crippen LogP contribution in [-0.2, 0) is 21.4 Å². The molecule has 0 saturated carbocycles. The lowest BCUT2D eigenvalue weighted by molar-refractivity contribution is -0.114. The molecule has 0 saturated heterocycles. The summed E-state index contributed by atoms with van der Waals surface area (Å²) in [5.74, 6) is 0.684. The maximum Gasteiger partial charge on any atom is 0.243 e. The number of carbonyl (C=O) groups excluding carboxylic acids is 1. The quantitative estimate of drug-likeness (QED) is 0.632. The van der Waals surface area contributed by atoms with Gasteiger partial charge < -0.3 is 9.73 Å². The van der Waals surface area contributed by atoms with Gasteiger partial charge in [0.05, 0.1) is 17.1 Å². The molecule has 3 rings (SSSR count). The van der Waals surface area contributed by atoms with Gasteiger partial charge in [0.1, 0.15) is 5.76 Å². The highest BCUT2D eigenvalue weighted by molar-refractivity contribution is 7.89. The van der Waals surface area contributed by atoms with E-state index >= 15 is 0 Å². The first kappa shape index (κ1) is 21.0. The number of aromatic nitrogens is 1. The Bertz CT molecular complexity index is 1140. The van der Waals surface area contributed by atoms with E-state index in [2.05, 4.69) is 10.3 Å². The molecule has 3 aromatic rings. The highest BCUT2D eigenvalue weighted by Crippen LogP contribution is 2.26. The van der Waals surface area contributed by atoms with Crippen LogP contribution in [0.25, 0.3) is 11.5 Å². The zero-order chi connectivity index (χ0) is 21.2. The predicted molar refractivity (Wildman–Crippen MR) is 111 cm³/mol. The fourth-order valence-corrected chi connectivity index (χ4v) is 4.03. The molecule has 0 bridgehead atoms. The van der Waals surface area contributed by atoms with E-state index in [0.717, 1.165) is 0 Å². The number of benzene rings is 2. The summed E-state index contributed by atoms with van der Waals surface area (Å²) in [7, 11) is -2.27. The zero-order valence-electron chi connectivity index (χ0n) is 16.1. The molecule has 0 radical (unpaired) electrons. The topological polar surface area (TPSA) is 92.5 Å². The maximum atomic E-state index is 12.9. The second kappa shape index (κ2) is 8.36. The summed E-state index contributed by atoms with van der Waals surface area (Å²) in [6.07, 6.45) is 0. The Kier molecular flexibility index (Phi) is 6.07. The van der Waals surface area contributed by atoms with Crippen molar-refractivity contribution in [3.05, 3.63) is 65.0 Å². The third kappa shape index (κ3) is 4.84. The molecule has 0 aliphatic carbocycles. The van der Waals surface area contributed by atoms with Crippen molar-refractivity contribution < 1.29 is 17.6 Å². The van der Waals surface area contributed by atoms with Crippen LogP contribution in [0, 0.1) is 6.92 Å². The predicted octanol–water partition coefficient (Wildman–Crippen LogP) is 4.08. The van der Waals surface area contributed by atoms with Crippen molar-refractivity contribution in [3.8, 4) is 11.5 Å². The number of nitrogens with zero attached hydrogens (tertiary/aromatic N) is 2. The fourth-order valence-electron chi connectivity index (χ4n) is 2.71. The van der Waals surface area contributed by atoms with Crippen molar-refractivity contribution in [2.24, 2.45) is 0 Å². The first-order valence-corrected chi connectivity index (χ1v) is 10.5. The molecule has 9 heteroatoms. The lowest BCUT2D eigenvalue weighted by atomic mass is 10.2. The van der Waals surface area contributed by atoms with E-state index in [9.17, 15) is 13.2 Å². The van der Waals surface area contributed by atoms with Crippen molar-refractivity contribution in [3.63, 3.8) is 0 Å². The molecule has 0 aliphatic heterocycles. The van der Waals surface area contributed by atoms with Crippen LogP contribution in [-0.4, -0.2) is 30.7 Å². The summed E-state index contributed by atoms with van der Waals surface area (Å²) in [6, 6.07) is 13.1. The average Bonchev–Trinajstić information content (AvgIpc) is 3.02. The van der Waals surface area contributed by atoms with Crippen molar-refractivity contribution in [2.45, 2.75) is 25.3 Å². The Hall–Kier alpha value is -2.68. The largest absolute Gasteiger partial charge is 0.441 e. The van der Waals surface area contributed by atoms with Crippen LogP contribution < -0.4 is 5.32 Å².